The predicted molar refractivity (Wildman–Crippen MR) is 75.4 cm³/mol. The maximum Gasteiger partial charge on any atom is 0.268 e. The van der Waals surface area contributed by atoms with E-state index in [-0.39, 0.29) is 11.9 Å². The minimum Gasteiger partial charge on any atom is -0.343 e. The zero-order valence-corrected chi connectivity index (χ0v) is 11.9. The van der Waals surface area contributed by atoms with Gasteiger partial charge in [-0.05, 0) is 38.8 Å². The van der Waals surface area contributed by atoms with Crippen molar-refractivity contribution in [3.8, 4) is 0 Å². The largest absolute Gasteiger partial charge is 0.343 e. The van der Waals surface area contributed by atoms with E-state index >= 15 is 0 Å². The van der Waals surface area contributed by atoms with E-state index in [1.165, 1.54) is 12.8 Å². The molecule has 2 aromatic heterocycles. The first-order valence-corrected chi connectivity index (χ1v) is 7.43. The van der Waals surface area contributed by atoms with Crippen LogP contribution >= 0.6 is 11.3 Å². The summed E-state index contributed by atoms with van der Waals surface area (Å²) in [5.41, 5.74) is 1.68. The minimum absolute atomic E-state index is 0.0185. The number of carbonyl (C=O) groups is 1. The molecule has 1 aliphatic rings. The molecule has 2 aromatic rings. The van der Waals surface area contributed by atoms with Gasteiger partial charge in [0.25, 0.3) is 5.91 Å². The van der Waals surface area contributed by atoms with Crippen LogP contribution in [0.15, 0.2) is 23.7 Å². The van der Waals surface area contributed by atoms with Gasteiger partial charge in [0.05, 0.1) is 16.7 Å². The number of aromatic nitrogens is 2. The molecule has 1 saturated carbocycles. The van der Waals surface area contributed by atoms with Crippen LogP contribution in [0.2, 0.25) is 0 Å². The molecule has 0 bridgehead atoms. The molecular formula is C14H17N3OS. The monoisotopic (exact) mass is 275 g/mol. The maximum absolute atomic E-state index is 12.3. The van der Waals surface area contributed by atoms with Crippen LogP contribution in [0.3, 0.4) is 0 Å². The lowest BCUT2D eigenvalue weighted by Crippen LogP contribution is -2.28. The predicted octanol–water partition coefficient (Wildman–Crippen LogP) is 3.08. The number of amides is 1. The molecule has 1 amide bonds. The molecule has 0 spiro atoms. The van der Waals surface area contributed by atoms with E-state index in [4.69, 9.17) is 0 Å². The molecule has 3 rings (SSSR count). The van der Waals surface area contributed by atoms with E-state index in [1.807, 2.05) is 37.6 Å². The number of nitrogens with zero attached hydrogens (tertiary/aromatic N) is 2. The number of rotatable bonds is 4. The number of carbonyl (C=O) groups excluding carboxylic acids is 1. The van der Waals surface area contributed by atoms with Crippen molar-refractivity contribution in [1.82, 2.24) is 14.9 Å². The zero-order valence-electron chi connectivity index (χ0n) is 11.1. The highest BCUT2D eigenvalue weighted by molar-refractivity contribution is 7.09. The first-order valence-electron chi connectivity index (χ1n) is 6.55. The molecule has 0 aromatic carbocycles. The Bertz CT molecular complexity index is 597. The Kier molecular flexibility index (Phi) is 3.14. The van der Waals surface area contributed by atoms with Crippen molar-refractivity contribution in [3.63, 3.8) is 0 Å². The molecule has 1 fully saturated rings. The number of thiazole rings is 1. The third kappa shape index (κ3) is 2.56. The van der Waals surface area contributed by atoms with E-state index in [9.17, 15) is 4.79 Å². The van der Waals surface area contributed by atoms with Crippen LogP contribution in [0.4, 0.5) is 0 Å². The van der Waals surface area contributed by atoms with Crippen molar-refractivity contribution in [2.45, 2.75) is 38.8 Å². The highest BCUT2D eigenvalue weighted by Gasteiger charge is 2.27. The Hall–Kier alpha value is -1.62. The van der Waals surface area contributed by atoms with Gasteiger partial charge in [-0.25, -0.2) is 4.98 Å². The Morgan fingerprint density at radius 2 is 2.37 bits per heavy atom. The molecule has 100 valence electrons. The molecular weight excluding hydrogens is 258 g/mol. The first-order chi connectivity index (χ1) is 9.15. The molecule has 4 nitrogen and oxygen atoms in total. The zero-order chi connectivity index (χ0) is 13.4. The molecule has 1 aliphatic carbocycles. The molecule has 1 N–H and O–H groups in total. The van der Waals surface area contributed by atoms with Crippen LogP contribution in [0, 0.1) is 6.92 Å². The van der Waals surface area contributed by atoms with Gasteiger partial charge >= 0.3 is 0 Å². The van der Waals surface area contributed by atoms with Crippen LogP contribution in [-0.2, 0) is 0 Å². The number of aryl methyl sites for hydroxylation is 1. The quantitative estimate of drug-likeness (QED) is 0.932. The third-order valence-electron chi connectivity index (χ3n) is 3.38. The summed E-state index contributed by atoms with van der Waals surface area (Å²) in [6.45, 7) is 3.94. The second-order valence-corrected chi connectivity index (χ2v) is 6.08. The standard InChI is InChI=1S/C14H17N3OS/c1-9(12-8-19-10(2)16-12)15-14(18)13-4-3-7-17(13)11-5-6-11/h3-4,7-9,11H,5-6H2,1-2H3,(H,15,18). The summed E-state index contributed by atoms with van der Waals surface area (Å²) in [5.74, 6) is -0.0185. The topological polar surface area (TPSA) is 46.9 Å². The fourth-order valence-electron chi connectivity index (χ4n) is 2.18. The molecule has 2 heterocycles. The first kappa shape index (κ1) is 12.4. The smallest absolute Gasteiger partial charge is 0.268 e. The molecule has 0 saturated heterocycles. The summed E-state index contributed by atoms with van der Waals surface area (Å²) in [6, 6.07) is 4.28. The maximum atomic E-state index is 12.3. The lowest BCUT2D eigenvalue weighted by molar-refractivity contribution is 0.0929. The van der Waals surface area contributed by atoms with E-state index in [0.29, 0.717) is 6.04 Å². The highest BCUT2D eigenvalue weighted by atomic mass is 32.1. The van der Waals surface area contributed by atoms with Crippen LogP contribution in [0.5, 0.6) is 0 Å². The van der Waals surface area contributed by atoms with E-state index in [2.05, 4.69) is 14.9 Å². The van der Waals surface area contributed by atoms with Crippen molar-refractivity contribution < 1.29 is 4.79 Å². The van der Waals surface area contributed by atoms with Crippen LogP contribution in [0.25, 0.3) is 0 Å². The van der Waals surface area contributed by atoms with Crippen molar-refractivity contribution in [3.05, 3.63) is 40.1 Å². The highest BCUT2D eigenvalue weighted by Crippen LogP contribution is 2.36. The van der Waals surface area contributed by atoms with Gasteiger partial charge in [-0.2, -0.15) is 0 Å². The van der Waals surface area contributed by atoms with Crippen LogP contribution < -0.4 is 5.32 Å². The lowest BCUT2D eigenvalue weighted by Gasteiger charge is -2.13. The van der Waals surface area contributed by atoms with Gasteiger partial charge in [0.15, 0.2) is 0 Å². The van der Waals surface area contributed by atoms with E-state index in [0.717, 1.165) is 16.4 Å². The van der Waals surface area contributed by atoms with Crippen molar-refractivity contribution in [2.75, 3.05) is 0 Å². The van der Waals surface area contributed by atoms with E-state index in [1.54, 1.807) is 11.3 Å². The second kappa shape index (κ2) is 4.81. The Labute approximate surface area is 116 Å². The van der Waals surface area contributed by atoms with E-state index < -0.39 is 0 Å². The lowest BCUT2D eigenvalue weighted by atomic mass is 10.2. The Morgan fingerprint density at radius 1 is 1.58 bits per heavy atom. The molecule has 0 aliphatic heterocycles. The molecule has 5 heteroatoms. The summed E-state index contributed by atoms with van der Waals surface area (Å²) in [4.78, 5) is 16.7. The van der Waals surface area contributed by atoms with Gasteiger partial charge in [0, 0.05) is 17.6 Å². The summed E-state index contributed by atoms with van der Waals surface area (Å²) in [5, 5.41) is 6.04. The van der Waals surface area contributed by atoms with Crippen molar-refractivity contribution >= 4 is 17.2 Å². The minimum atomic E-state index is -0.0556. The molecule has 1 unspecified atom stereocenters. The van der Waals surface area contributed by atoms with Crippen molar-refractivity contribution in [2.24, 2.45) is 0 Å². The Balaban J connectivity index is 1.72. The normalized spacial score (nSPS) is 16.3. The second-order valence-electron chi connectivity index (χ2n) is 5.02. The fraction of sp³-hybridized carbons (Fsp3) is 0.429. The van der Waals surface area contributed by atoms with Gasteiger partial charge < -0.3 is 9.88 Å². The fourth-order valence-corrected chi connectivity index (χ4v) is 2.89. The number of hydrogen-bond donors (Lipinski definition) is 1. The Morgan fingerprint density at radius 3 is 3.00 bits per heavy atom. The summed E-state index contributed by atoms with van der Waals surface area (Å²) < 4.78 is 2.08. The molecule has 19 heavy (non-hydrogen) atoms. The summed E-state index contributed by atoms with van der Waals surface area (Å²) in [6.07, 6.45) is 4.34. The number of nitrogens with one attached hydrogen (secondary N) is 1. The summed E-state index contributed by atoms with van der Waals surface area (Å²) >= 11 is 1.61. The van der Waals surface area contributed by atoms with Crippen molar-refractivity contribution in [1.29, 1.82) is 0 Å². The van der Waals surface area contributed by atoms with Crippen LogP contribution in [0.1, 0.15) is 53.0 Å². The summed E-state index contributed by atoms with van der Waals surface area (Å²) in [7, 11) is 0. The average molecular weight is 275 g/mol. The number of hydrogen-bond acceptors (Lipinski definition) is 3. The molecule has 0 radical (unpaired) electrons. The van der Waals surface area contributed by atoms with Crippen LogP contribution in [-0.4, -0.2) is 15.5 Å². The average Bonchev–Trinajstić information content (AvgIpc) is 2.94. The van der Waals surface area contributed by atoms with Gasteiger partial charge in [0.1, 0.15) is 5.69 Å². The van der Waals surface area contributed by atoms with Gasteiger partial charge in [0.2, 0.25) is 0 Å². The third-order valence-corrected chi connectivity index (χ3v) is 4.17. The SMILES string of the molecule is Cc1nc(C(C)NC(=O)c2cccn2C2CC2)cs1. The van der Waals surface area contributed by atoms with Gasteiger partial charge in [-0.3, -0.25) is 4.79 Å². The van der Waals surface area contributed by atoms with Gasteiger partial charge in [-0.15, -0.1) is 11.3 Å². The molecule has 1 atom stereocenters. The van der Waals surface area contributed by atoms with Gasteiger partial charge in [-0.1, -0.05) is 0 Å².